The third kappa shape index (κ3) is 6.06. The Balaban J connectivity index is 0.00000288. The summed E-state index contributed by atoms with van der Waals surface area (Å²) in [5, 5.41) is 0. The van der Waals surface area contributed by atoms with Crippen molar-refractivity contribution in [1.29, 1.82) is 0 Å². The standard InChI is InChI=1S/C22H29N.HI/c1-3-16-22(23,17-4-2)18-15-21(19-11-7-5-8-12-19)20-13-9-6-10-14-20;/h5-15H,3-4,16-18,23H2,1-2H3;1H. The molecule has 0 aromatic heterocycles. The van der Waals surface area contributed by atoms with Crippen molar-refractivity contribution in [1.82, 2.24) is 0 Å². The Morgan fingerprint density at radius 2 is 1.25 bits per heavy atom. The van der Waals surface area contributed by atoms with Gasteiger partial charge in [-0.1, -0.05) is 93.4 Å². The second-order valence-electron chi connectivity index (χ2n) is 6.55. The van der Waals surface area contributed by atoms with Gasteiger partial charge in [-0.2, -0.15) is 0 Å². The predicted molar refractivity (Wildman–Crippen MR) is 100 cm³/mol. The maximum Gasteiger partial charge on any atom is 0.0980 e. The summed E-state index contributed by atoms with van der Waals surface area (Å²) in [5.41, 5.74) is 8.63. The molecule has 0 radical (unpaired) electrons. The van der Waals surface area contributed by atoms with Crippen LogP contribution in [-0.4, -0.2) is 5.54 Å². The highest BCUT2D eigenvalue weighted by Crippen LogP contribution is 2.27. The van der Waals surface area contributed by atoms with E-state index in [9.17, 15) is 0 Å². The van der Waals surface area contributed by atoms with Crippen LogP contribution in [0.3, 0.4) is 0 Å². The van der Waals surface area contributed by atoms with E-state index in [4.69, 9.17) is 0 Å². The van der Waals surface area contributed by atoms with Gasteiger partial charge < -0.3 is 29.7 Å². The Labute approximate surface area is 164 Å². The van der Waals surface area contributed by atoms with E-state index in [0.29, 0.717) is 0 Å². The van der Waals surface area contributed by atoms with Crippen LogP contribution in [0.25, 0.3) is 5.57 Å². The molecule has 24 heavy (non-hydrogen) atoms. The maximum absolute atomic E-state index is 4.56. The van der Waals surface area contributed by atoms with E-state index in [1.807, 2.05) is 0 Å². The summed E-state index contributed by atoms with van der Waals surface area (Å²) in [4.78, 5) is 0. The van der Waals surface area contributed by atoms with Gasteiger partial charge in [0.2, 0.25) is 0 Å². The molecule has 0 aliphatic rings. The van der Waals surface area contributed by atoms with Crippen LogP contribution >= 0.6 is 0 Å². The van der Waals surface area contributed by atoms with E-state index in [1.54, 1.807) is 0 Å². The van der Waals surface area contributed by atoms with Gasteiger partial charge in [-0.15, -0.1) is 0 Å². The minimum Gasteiger partial charge on any atom is -1.00 e. The number of quaternary nitrogens is 1. The van der Waals surface area contributed by atoms with Crippen molar-refractivity contribution in [2.24, 2.45) is 0 Å². The molecule has 1 nitrogen and oxygen atoms in total. The average Bonchev–Trinajstić information content (AvgIpc) is 2.57. The molecule has 0 saturated heterocycles. The lowest BCUT2D eigenvalue weighted by Gasteiger charge is -2.24. The number of hydrogen-bond donors (Lipinski definition) is 1. The minimum atomic E-state index is 0. The molecule has 0 saturated carbocycles. The number of hydrogen-bond acceptors (Lipinski definition) is 0. The Morgan fingerprint density at radius 1 is 0.833 bits per heavy atom. The summed E-state index contributed by atoms with van der Waals surface area (Å²) in [6.45, 7) is 4.52. The molecule has 0 atom stereocenters. The smallest absolute Gasteiger partial charge is 0.0980 e. The van der Waals surface area contributed by atoms with E-state index in [0.717, 1.165) is 6.42 Å². The van der Waals surface area contributed by atoms with E-state index >= 15 is 0 Å². The highest BCUT2D eigenvalue weighted by atomic mass is 127. The molecule has 2 rings (SSSR count). The Morgan fingerprint density at radius 3 is 1.62 bits per heavy atom. The van der Waals surface area contributed by atoms with Gasteiger partial charge in [0.15, 0.2) is 0 Å². The van der Waals surface area contributed by atoms with Crippen molar-refractivity contribution in [3.63, 3.8) is 0 Å². The monoisotopic (exact) mass is 435 g/mol. The third-order valence-electron chi connectivity index (χ3n) is 4.47. The van der Waals surface area contributed by atoms with Crippen molar-refractivity contribution in [3.8, 4) is 0 Å². The van der Waals surface area contributed by atoms with Crippen molar-refractivity contribution >= 4 is 5.57 Å². The second kappa shape index (κ2) is 10.7. The Kier molecular flexibility index (Phi) is 9.30. The molecule has 2 heteroatoms. The van der Waals surface area contributed by atoms with Gasteiger partial charge >= 0.3 is 0 Å². The average molecular weight is 435 g/mol. The molecule has 0 spiro atoms. The molecule has 2 aromatic rings. The van der Waals surface area contributed by atoms with E-state index in [1.165, 1.54) is 42.4 Å². The molecule has 0 fully saturated rings. The van der Waals surface area contributed by atoms with Crippen molar-refractivity contribution in [2.75, 3.05) is 0 Å². The van der Waals surface area contributed by atoms with Gasteiger partial charge in [0, 0.05) is 19.3 Å². The Hall–Kier alpha value is -1.13. The molecular weight excluding hydrogens is 405 g/mol. The van der Waals surface area contributed by atoms with Gasteiger partial charge in [-0.3, -0.25) is 0 Å². The first-order valence-electron chi connectivity index (χ1n) is 8.85. The van der Waals surface area contributed by atoms with Gasteiger partial charge in [0.1, 0.15) is 0 Å². The number of benzene rings is 2. The molecule has 0 amide bonds. The quantitative estimate of drug-likeness (QED) is 0.616. The molecule has 0 aliphatic heterocycles. The van der Waals surface area contributed by atoms with Crippen molar-refractivity contribution in [2.45, 2.75) is 51.5 Å². The SMILES string of the molecule is CCCC([NH3+])(CC=C(c1ccccc1)c1ccccc1)CCC.[I-]. The topological polar surface area (TPSA) is 27.6 Å². The zero-order valence-electron chi connectivity index (χ0n) is 15.0. The van der Waals surface area contributed by atoms with Crippen LogP contribution in [0.4, 0.5) is 0 Å². The molecule has 130 valence electrons. The lowest BCUT2D eigenvalue weighted by atomic mass is 9.84. The van der Waals surface area contributed by atoms with Crippen molar-refractivity contribution < 1.29 is 29.7 Å². The molecule has 2 aromatic carbocycles. The van der Waals surface area contributed by atoms with Gasteiger partial charge in [-0.25, -0.2) is 0 Å². The fraction of sp³-hybridized carbons (Fsp3) is 0.364. The number of halogens is 1. The van der Waals surface area contributed by atoms with Crippen molar-refractivity contribution in [3.05, 3.63) is 77.9 Å². The fourth-order valence-electron chi connectivity index (χ4n) is 3.35. The maximum atomic E-state index is 4.56. The molecule has 0 aliphatic carbocycles. The lowest BCUT2D eigenvalue weighted by molar-refractivity contribution is -0.480. The summed E-state index contributed by atoms with van der Waals surface area (Å²) < 4.78 is 0. The van der Waals surface area contributed by atoms with Crippen LogP contribution < -0.4 is 29.7 Å². The van der Waals surface area contributed by atoms with Crippen LogP contribution in [0.5, 0.6) is 0 Å². The minimum absolute atomic E-state index is 0. The summed E-state index contributed by atoms with van der Waals surface area (Å²) in [6.07, 6.45) is 8.21. The normalized spacial score (nSPS) is 10.8. The largest absolute Gasteiger partial charge is 1.00 e. The first kappa shape index (κ1) is 20.9. The molecule has 0 heterocycles. The predicted octanol–water partition coefficient (Wildman–Crippen LogP) is 2.09. The summed E-state index contributed by atoms with van der Waals surface area (Å²) in [6, 6.07) is 21.4. The van der Waals surface area contributed by atoms with E-state index in [2.05, 4.69) is 86.3 Å². The van der Waals surface area contributed by atoms with Gasteiger partial charge in [0.05, 0.1) is 5.54 Å². The summed E-state index contributed by atoms with van der Waals surface area (Å²) >= 11 is 0. The first-order valence-corrected chi connectivity index (χ1v) is 8.85. The van der Waals surface area contributed by atoms with Crippen LogP contribution in [-0.2, 0) is 0 Å². The molecular formula is C22H30IN. The van der Waals surface area contributed by atoms with Gasteiger partial charge in [-0.05, 0) is 16.7 Å². The van der Waals surface area contributed by atoms with Crippen LogP contribution in [0, 0.1) is 0 Å². The number of rotatable bonds is 8. The van der Waals surface area contributed by atoms with Crippen LogP contribution in [0.1, 0.15) is 57.1 Å². The van der Waals surface area contributed by atoms with Crippen LogP contribution in [0.15, 0.2) is 66.7 Å². The van der Waals surface area contributed by atoms with Crippen LogP contribution in [0.2, 0.25) is 0 Å². The summed E-state index contributed by atoms with van der Waals surface area (Å²) in [7, 11) is 0. The highest BCUT2D eigenvalue weighted by molar-refractivity contribution is 5.79. The van der Waals surface area contributed by atoms with E-state index in [-0.39, 0.29) is 29.5 Å². The molecule has 0 unspecified atom stereocenters. The molecule has 0 bridgehead atoms. The highest BCUT2D eigenvalue weighted by Gasteiger charge is 2.26. The zero-order chi connectivity index (χ0) is 16.5. The van der Waals surface area contributed by atoms with Gasteiger partial charge in [0.25, 0.3) is 0 Å². The summed E-state index contributed by atoms with van der Waals surface area (Å²) in [5.74, 6) is 0. The molecule has 3 N–H and O–H groups in total. The first-order chi connectivity index (χ1) is 11.2. The third-order valence-corrected chi connectivity index (χ3v) is 4.47. The fourth-order valence-corrected chi connectivity index (χ4v) is 3.35. The van der Waals surface area contributed by atoms with E-state index < -0.39 is 0 Å². The second-order valence-corrected chi connectivity index (χ2v) is 6.55. The lowest BCUT2D eigenvalue weighted by Crippen LogP contribution is -3.00. The Bertz CT molecular complexity index is 557. The zero-order valence-corrected chi connectivity index (χ0v) is 17.1.